The van der Waals surface area contributed by atoms with Gasteiger partial charge in [-0.25, -0.2) is 0 Å². The molecule has 48 heavy (non-hydrogen) atoms. The quantitative estimate of drug-likeness (QED) is 0.161. The van der Waals surface area contributed by atoms with Gasteiger partial charge in [-0.15, -0.1) is 0 Å². The van der Waals surface area contributed by atoms with Gasteiger partial charge in [0.2, 0.25) is 5.91 Å². The minimum atomic E-state index is -0.255. The molecule has 1 unspecified atom stereocenters. The summed E-state index contributed by atoms with van der Waals surface area (Å²) < 4.78 is 11.8. The highest BCUT2D eigenvalue weighted by atomic mass is 35.5. The molecule has 11 heteroatoms. The number of nitriles is 1. The molecule has 3 atom stereocenters. The Kier molecular flexibility index (Phi) is 10.4. The van der Waals surface area contributed by atoms with Crippen LogP contribution in [0.15, 0.2) is 73.1 Å². The lowest BCUT2D eigenvalue weighted by atomic mass is 10.0. The van der Waals surface area contributed by atoms with Crippen molar-refractivity contribution < 1.29 is 14.3 Å². The number of fused-ring (bicyclic) bond motifs is 2. The number of ether oxygens (including phenoxy) is 2. The van der Waals surface area contributed by atoms with Crippen LogP contribution in [0, 0.1) is 23.2 Å². The highest BCUT2D eigenvalue weighted by Crippen LogP contribution is 2.40. The zero-order chi connectivity index (χ0) is 33.6. The van der Waals surface area contributed by atoms with Gasteiger partial charge >= 0.3 is 0 Å². The number of amides is 1. The number of aromatic nitrogens is 2. The summed E-state index contributed by atoms with van der Waals surface area (Å²) in [6.45, 7) is 5.47. The van der Waals surface area contributed by atoms with Gasteiger partial charge in [-0.05, 0) is 82.1 Å². The third-order valence-electron chi connectivity index (χ3n) is 9.12. The number of hydrogen-bond acceptors (Lipinski definition) is 9. The molecule has 2 aliphatic rings. The van der Waals surface area contributed by atoms with Gasteiger partial charge in [0.05, 0.1) is 39.8 Å². The summed E-state index contributed by atoms with van der Waals surface area (Å²) in [5.74, 6) is 2.22. The fraction of sp³-hybridized carbons (Fsp3) is 0.351. The molecule has 10 nitrogen and oxygen atoms in total. The van der Waals surface area contributed by atoms with Gasteiger partial charge in [0.1, 0.15) is 24.2 Å². The highest BCUT2D eigenvalue weighted by Gasteiger charge is 2.40. The zero-order valence-electron chi connectivity index (χ0n) is 27.4. The van der Waals surface area contributed by atoms with E-state index in [0.29, 0.717) is 62.7 Å². The Bertz CT molecular complexity index is 1830. The van der Waals surface area contributed by atoms with E-state index in [1.54, 1.807) is 36.5 Å². The summed E-state index contributed by atoms with van der Waals surface area (Å²) in [6, 6.07) is 17.4. The summed E-state index contributed by atoms with van der Waals surface area (Å²) in [5.41, 5.74) is 3.40. The van der Waals surface area contributed by atoms with Crippen molar-refractivity contribution in [3.8, 4) is 17.6 Å². The summed E-state index contributed by atoms with van der Waals surface area (Å²) in [7, 11) is 4.34. The number of halogens is 1. The van der Waals surface area contributed by atoms with E-state index in [2.05, 4.69) is 50.6 Å². The number of likely N-dealkylation sites (tertiary alicyclic amines) is 1. The summed E-state index contributed by atoms with van der Waals surface area (Å²) in [4.78, 5) is 26.7. The van der Waals surface area contributed by atoms with E-state index in [1.807, 2.05) is 37.3 Å². The molecule has 4 aromatic rings. The van der Waals surface area contributed by atoms with E-state index < -0.39 is 0 Å². The maximum absolute atomic E-state index is 13.1. The Labute approximate surface area is 286 Å². The molecule has 0 spiro atoms. The molecular formula is C37H40ClN7O3. The van der Waals surface area contributed by atoms with Crippen molar-refractivity contribution in [1.82, 2.24) is 19.8 Å². The van der Waals surface area contributed by atoms with Crippen LogP contribution in [0.1, 0.15) is 31.0 Å². The summed E-state index contributed by atoms with van der Waals surface area (Å²) in [6.07, 6.45) is 9.23. The van der Waals surface area contributed by atoms with Crippen LogP contribution in [0.2, 0.25) is 5.02 Å². The molecule has 1 saturated carbocycles. The highest BCUT2D eigenvalue weighted by molar-refractivity contribution is 6.32. The number of rotatable bonds is 12. The van der Waals surface area contributed by atoms with Crippen molar-refractivity contribution in [2.24, 2.45) is 11.8 Å². The molecule has 1 amide bonds. The second-order valence-corrected chi connectivity index (χ2v) is 13.0. The molecule has 0 radical (unpaired) electrons. The fourth-order valence-electron chi connectivity index (χ4n) is 6.71. The van der Waals surface area contributed by atoms with Crippen LogP contribution in [0.4, 0.5) is 17.1 Å². The fourth-order valence-corrected chi connectivity index (χ4v) is 6.94. The largest absolute Gasteiger partial charge is 0.492 e. The number of nitrogens with one attached hydrogen (secondary N) is 2. The first-order chi connectivity index (χ1) is 23.3. The van der Waals surface area contributed by atoms with Gasteiger partial charge in [0.25, 0.3) is 0 Å². The smallest absolute Gasteiger partial charge is 0.248 e. The maximum atomic E-state index is 13.1. The van der Waals surface area contributed by atoms with E-state index in [9.17, 15) is 10.1 Å². The first kappa shape index (κ1) is 33.2. The monoisotopic (exact) mass is 665 g/mol. The van der Waals surface area contributed by atoms with Crippen molar-refractivity contribution in [2.75, 3.05) is 51.0 Å². The van der Waals surface area contributed by atoms with Gasteiger partial charge < -0.3 is 25.0 Å². The van der Waals surface area contributed by atoms with Crippen molar-refractivity contribution in [1.29, 1.82) is 5.26 Å². The normalized spacial score (nSPS) is 19.0. The number of hydrogen-bond donors (Lipinski definition) is 2. The van der Waals surface area contributed by atoms with E-state index in [-0.39, 0.29) is 12.5 Å². The first-order valence-electron chi connectivity index (χ1n) is 16.3. The second kappa shape index (κ2) is 15.0. The summed E-state index contributed by atoms with van der Waals surface area (Å²) >= 11 is 6.58. The van der Waals surface area contributed by atoms with Crippen LogP contribution < -0.4 is 20.1 Å². The van der Waals surface area contributed by atoms with Gasteiger partial charge in [-0.3, -0.25) is 19.7 Å². The van der Waals surface area contributed by atoms with Crippen molar-refractivity contribution in [3.05, 3.63) is 89.4 Å². The molecule has 248 valence electrons. The summed E-state index contributed by atoms with van der Waals surface area (Å²) in [5, 5.41) is 17.3. The molecule has 1 aliphatic heterocycles. The topological polar surface area (TPSA) is 116 Å². The Balaban J connectivity index is 1.17. The van der Waals surface area contributed by atoms with Gasteiger partial charge in [0, 0.05) is 61.3 Å². The SMILES string of the molecule is CCOc1cc2ncc(C#N)c(Nc3ccc(OCc4ccccn4)c(Cl)c3)c2cc1NC(=O)/C=C/CN1C[C@H]2CC(N(C)C)C[C@H]2C1. The molecule has 2 fully saturated rings. The van der Waals surface area contributed by atoms with Crippen LogP contribution in [-0.4, -0.2) is 72.1 Å². The molecule has 6 rings (SSSR count). The standard InChI is InChI=1S/C37H40ClN7O3/c1-4-47-35-18-32-30(17-33(35)43-36(46)9-7-13-45-21-24-14-29(44(2)3)15-25(24)22-45)37(26(19-39)20-41-32)42-27-10-11-34(31(38)16-27)48-23-28-8-5-6-12-40-28/h5-12,16-18,20,24-25,29H,4,13-15,21-23H2,1-3H3,(H,41,42)(H,43,46)/b9-7+/t24-,25+,29?. The van der Waals surface area contributed by atoms with Crippen molar-refractivity contribution >= 4 is 45.5 Å². The van der Waals surface area contributed by atoms with Crippen LogP contribution >= 0.6 is 11.6 Å². The van der Waals surface area contributed by atoms with E-state index in [4.69, 9.17) is 21.1 Å². The predicted molar refractivity (Wildman–Crippen MR) is 189 cm³/mol. The molecule has 3 heterocycles. The Hall–Kier alpha value is -4.69. The number of carbonyl (C=O) groups excluding carboxylic acids is 1. The zero-order valence-corrected chi connectivity index (χ0v) is 28.2. The molecule has 1 aliphatic carbocycles. The van der Waals surface area contributed by atoms with Crippen LogP contribution in [-0.2, 0) is 11.4 Å². The van der Waals surface area contributed by atoms with Gasteiger partial charge in [-0.1, -0.05) is 23.7 Å². The number of nitrogens with zero attached hydrogens (tertiary/aromatic N) is 5. The van der Waals surface area contributed by atoms with Gasteiger partial charge in [-0.2, -0.15) is 5.26 Å². The average molecular weight is 666 g/mol. The number of carbonyl (C=O) groups is 1. The Morgan fingerprint density at radius 2 is 1.92 bits per heavy atom. The molecular weight excluding hydrogens is 626 g/mol. The molecule has 1 saturated heterocycles. The third-order valence-corrected chi connectivity index (χ3v) is 9.41. The third kappa shape index (κ3) is 7.71. The Morgan fingerprint density at radius 1 is 1.10 bits per heavy atom. The van der Waals surface area contributed by atoms with Crippen LogP contribution in [0.5, 0.6) is 11.5 Å². The number of anilines is 3. The second-order valence-electron chi connectivity index (χ2n) is 12.6. The minimum Gasteiger partial charge on any atom is -0.492 e. The molecule has 2 aromatic heterocycles. The van der Waals surface area contributed by atoms with Gasteiger partial charge in [0.15, 0.2) is 0 Å². The van der Waals surface area contributed by atoms with Crippen molar-refractivity contribution in [2.45, 2.75) is 32.4 Å². The minimum absolute atomic E-state index is 0.255. The van der Waals surface area contributed by atoms with E-state index in [1.165, 1.54) is 19.0 Å². The van der Waals surface area contributed by atoms with Crippen LogP contribution in [0.25, 0.3) is 10.9 Å². The van der Waals surface area contributed by atoms with Crippen molar-refractivity contribution in [3.63, 3.8) is 0 Å². The average Bonchev–Trinajstić information content (AvgIpc) is 3.65. The molecule has 2 N–H and O–H groups in total. The maximum Gasteiger partial charge on any atom is 0.248 e. The lowest BCUT2D eigenvalue weighted by Crippen LogP contribution is -2.29. The molecule has 0 bridgehead atoms. The number of benzene rings is 2. The Morgan fingerprint density at radius 3 is 2.60 bits per heavy atom. The van der Waals surface area contributed by atoms with E-state index >= 15 is 0 Å². The van der Waals surface area contributed by atoms with Crippen LogP contribution in [0.3, 0.4) is 0 Å². The predicted octanol–water partition coefficient (Wildman–Crippen LogP) is 6.64. The lowest BCUT2D eigenvalue weighted by molar-refractivity contribution is -0.111. The lowest BCUT2D eigenvalue weighted by Gasteiger charge is -2.22. The number of pyridine rings is 2. The van der Waals surface area contributed by atoms with E-state index in [0.717, 1.165) is 37.2 Å². The first-order valence-corrected chi connectivity index (χ1v) is 16.6. The molecule has 2 aromatic carbocycles.